The van der Waals surface area contributed by atoms with E-state index in [1.807, 2.05) is 29.5 Å². The lowest BCUT2D eigenvalue weighted by Gasteiger charge is -2.18. The number of halogens is 2. The van der Waals surface area contributed by atoms with Crippen LogP contribution in [0.4, 0.5) is 4.39 Å². The molecule has 0 aromatic heterocycles. The van der Waals surface area contributed by atoms with E-state index in [4.69, 9.17) is 0 Å². The van der Waals surface area contributed by atoms with Crippen LogP contribution in [0.1, 0.15) is 44.0 Å². The van der Waals surface area contributed by atoms with Crippen LogP contribution in [0.25, 0.3) is 0 Å². The Balaban J connectivity index is 2.65. The van der Waals surface area contributed by atoms with Crippen LogP contribution in [0.2, 0.25) is 0 Å². The lowest BCUT2D eigenvalue weighted by Crippen LogP contribution is -2.34. The molecule has 18 heavy (non-hydrogen) atoms. The molecule has 1 rings (SSSR count). The molecule has 1 aromatic rings. The van der Waals surface area contributed by atoms with Gasteiger partial charge < -0.3 is 5.32 Å². The minimum absolute atomic E-state index is 0.129. The zero-order chi connectivity index (χ0) is 13.7. The van der Waals surface area contributed by atoms with Gasteiger partial charge in [0.2, 0.25) is 0 Å². The van der Waals surface area contributed by atoms with Crippen LogP contribution in [0, 0.1) is 15.3 Å². The summed E-state index contributed by atoms with van der Waals surface area (Å²) in [5.74, 6) is 0.145. The number of carbonyl (C=O) groups is 1. The van der Waals surface area contributed by atoms with Crippen LogP contribution in [-0.2, 0) is 0 Å². The SMILES string of the molecule is CCC(C)CC(C)NC(=O)c1ccc(F)cc1I. The van der Waals surface area contributed by atoms with Crippen molar-refractivity contribution in [2.45, 2.75) is 39.7 Å². The molecule has 0 saturated heterocycles. The Morgan fingerprint density at radius 3 is 2.67 bits per heavy atom. The predicted molar refractivity (Wildman–Crippen MR) is 80.1 cm³/mol. The fraction of sp³-hybridized carbons (Fsp3) is 0.500. The molecular weight excluding hydrogens is 344 g/mol. The summed E-state index contributed by atoms with van der Waals surface area (Å²) in [4.78, 5) is 12.0. The normalized spacial score (nSPS) is 14.1. The Hall–Kier alpha value is -0.650. The fourth-order valence-corrected chi connectivity index (χ4v) is 2.53. The number of amides is 1. The Bertz CT molecular complexity index is 422. The first kappa shape index (κ1) is 15.4. The van der Waals surface area contributed by atoms with E-state index < -0.39 is 0 Å². The monoisotopic (exact) mass is 363 g/mol. The van der Waals surface area contributed by atoms with Crippen molar-refractivity contribution in [3.63, 3.8) is 0 Å². The second-order valence-electron chi connectivity index (χ2n) is 4.75. The summed E-state index contributed by atoms with van der Waals surface area (Å²) in [5.41, 5.74) is 0.535. The van der Waals surface area contributed by atoms with Crippen molar-refractivity contribution in [3.05, 3.63) is 33.1 Å². The molecule has 1 amide bonds. The molecule has 1 aromatic carbocycles. The Kier molecular flexibility index (Phi) is 6.05. The molecule has 0 spiro atoms. The first-order chi connectivity index (χ1) is 8.43. The summed E-state index contributed by atoms with van der Waals surface area (Å²) in [6.45, 7) is 6.31. The summed E-state index contributed by atoms with van der Waals surface area (Å²) in [6.07, 6.45) is 2.06. The summed E-state index contributed by atoms with van der Waals surface area (Å²) < 4.78 is 13.6. The lowest BCUT2D eigenvalue weighted by molar-refractivity contribution is 0.0934. The summed E-state index contributed by atoms with van der Waals surface area (Å²) in [5, 5.41) is 2.96. The van der Waals surface area contributed by atoms with Gasteiger partial charge in [-0.1, -0.05) is 20.3 Å². The van der Waals surface area contributed by atoms with Crippen molar-refractivity contribution in [2.75, 3.05) is 0 Å². The molecule has 0 aliphatic heterocycles. The molecule has 0 bridgehead atoms. The Morgan fingerprint density at radius 2 is 2.11 bits per heavy atom. The molecule has 0 saturated carbocycles. The number of benzene rings is 1. The molecule has 0 fully saturated rings. The van der Waals surface area contributed by atoms with Crippen LogP contribution in [-0.4, -0.2) is 11.9 Å². The van der Waals surface area contributed by atoms with E-state index in [1.54, 1.807) is 0 Å². The number of hydrogen-bond acceptors (Lipinski definition) is 1. The molecule has 0 aliphatic rings. The topological polar surface area (TPSA) is 29.1 Å². The van der Waals surface area contributed by atoms with Crippen LogP contribution < -0.4 is 5.32 Å². The quantitative estimate of drug-likeness (QED) is 0.788. The van der Waals surface area contributed by atoms with Gasteiger partial charge in [-0.15, -0.1) is 0 Å². The third-order valence-electron chi connectivity index (χ3n) is 3.01. The van der Waals surface area contributed by atoms with E-state index in [0.29, 0.717) is 15.1 Å². The number of nitrogens with one attached hydrogen (secondary N) is 1. The predicted octanol–water partition coefficient (Wildman–Crippen LogP) is 3.98. The highest BCUT2D eigenvalue weighted by Gasteiger charge is 2.14. The standard InChI is InChI=1S/C14H19FINO/c1-4-9(2)7-10(3)17-14(18)12-6-5-11(15)8-13(12)16/h5-6,8-10H,4,7H2,1-3H3,(H,17,18). The Labute approximate surface area is 121 Å². The highest BCUT2D eigenvalue weighted by molar-refractivity contribution is 14.1. The first-order valence-electron chi connectivity index (χ1n) is 6.20. The summed E-state index contributed by atoms with van der Waals surface area (Å²) >= 11 is 1.98. The minimum Gasteiger partial charge on any atom is -0.350 e. The van der Waals surface area contributed by atoms with Crippen LogP contribution in [0.3, 0.4) is 0 Å². The molecule has 1 N–H and O–H groups in total. The van der Waals surface area contributed by atoms with Crippen molar-refractivity contribution in [1.29, 1.82) is 0 Å². The van der Waals surface area contributed by atoms with Crippen molar-refractivity contribution in [3.8, 4) is 0 Å². The molecule has 0 aliphatic carbocycles. The molecule has 100 valence electrons. The van der Waals surface area contributed by atoms with Gasteiger partial charge in [0.1, 0.15) is 5.82 Å². The third kappa shape index (κ3) is 4.55. The van der Waals surface area contributed by atoms with Crippen LogP contribution in [0.5, 0.6) is 0 Å². The average molecular weight is 363 g/mol. The molecule has 4 heteroatoms. The summed E-state index contributed by atoms with van der Waals surface area (Å²) in [6, 6.07) is 4.35. The van der Waals surface area contributed by atoms with Gasteiger partial charge >= 0.3 is 0 Å². The summed E-state index contributed by atoms with van der Waals surface area (Å²) in [7, 11) is 0. The van der Waals surface area contributed by atoms with E-state index >= 15 is 0 Å². The van der Waals surface area contributed by atoms with Crippen molar-refractivity contribution >= 4 is 28.5 Å². The van der Waals surface area contributed by atoms with Crippen LogP contribution >= 0.6 is 22.6 Å². The lowest BCUT2D eigenvalue weighted by atomic mass is 10.00. The zero-order valence-corrected chi connectivity index (χ0v) is 13.1. The van der Waals surface area contributed by atoms with Crippen molar-refractivity contribution < 1.29 is 9.18 Å². The van der Waals surface area contributed by atoms with Gasteiger partial charge in [0.15, 0.2) is 0 Å². The third-order valence-corrected chi connectivity index (χ3v) is 3.90. The highest BCUT2D eigenvalue weighted by atomic mass is 127. The Morgan fingerprint density at radius 1 is 1.44 bits per heavy atom. The maximum Gasteiger partial charge on any atom is 0.252 e. The van der Waals surface area contributed by atoms with Crippen molar-refractivity contribution in [2.24, 2.45) is 5.92 Å². The van der Waals surface area contributed by atoms with Gasteiger partial charge in [-0.3, -0.25) is 4.79 Å². The smallest absolute Gasteiger partial charge is 0.252 e. The second-order valence-corrected chi connectivity index (χ2v) is 5.91. The maximum absolute atomic E-state index is 13.0. The second kappa shape index (κ2) is 7.07. The van der Waals surface area contributed by atoms with Gasteiger partial charge in [-0.25, -0.2) is 4.39 Å². The average Bonchev–Trinajstić information content (AvgIpc) is 2.28. The van der Waals surface area contributed by atoms with Gasteiger partial charge in [0, 0.05) is 9.61 Å². The molecular formula is C14H19FINO. The van der Waals surface area contributed by atoms with Gasteiger partial charge in [0.05, 0.1) is 5.56 Å². The van der Waals surface area contributed by atoms with Crippen LogP contribution in [0.15, 0.2) is 18.2 Å². The molecule has 0 heterocycles. The first-order valence-corrected chi connectivity index (χ1v) is 7.27. The van der Waals surface area contributed by atoms with Gasteiger partial charge in [0.25, 0.3) is 5.91 Å². The van der Waals surface area contributed by atoms with Gasteiger partial charge in [-0.05, 0) is 60.1 Å². The van der Waals surface area contributed by atoms with Crippen molar-refractivity contribution in [1.82, 2.24) is 5.32 Å². The minimum atomic E-state index is -0.316. The molecule has 0 radical (unpaired) electrons. The molecule has 2 atom stereocenters. The van der Waals surface area contributed by atoms with E-state index in [9.17, 15) is 9.18 Å². The molecule has 2 unspecified atom stereocenters. The fourth-order valence-electron chi connectivity index (χ4n) is 1.80. The van der Waals surface area contributed by atoms with E-state index in [0.717, 1.165) is 12.8 Å². The highest BCUT2D eigenvalue weighted by Crippen LogP contribution is 2.15. The van der Waals surface area contributed by atoms with E-state index in [1.165, 1.54) is 18.2 Å². The molecule has 2 nitrogen and oxygen atoms in total. The van der Waals surface area contributed by atoms with E-state index in [-0.39, 0.29) is 17.8 Å². The van der Waals surface area contributed by atoms with Gasteiger partial charge in [-0.2, -0.15) is 0 Å². The zero-order valence-electron chi connectivity index (χ0n) is 11.0. The number of hydrogen-bond donors (Lipinski definition) is 1. The van der Waals surface area contributed by atoms with E-state index in [2.05, 4.69) is 19.2 Å². The number of rotatable bonds is 5. The largest absolute Gasteiger partial charge is 0.350 e. The maximum atomic E-state index is 13.0. The number of carbonyl (C=O) groups excluding carboxylic acids is 1.